The van der Waals surface area contributed by atoms with Crippen molar-refractivity contribution in [3.05, 3.63) is 79.2 Å². The fraction of sp³-hybridized carbons (Fsp3) is 0.421. The molecule has 0 spiro atoms. The molecule has 288 valence electrons. The van der Waals surface area contributed by atoms with Crippen LogP contribution in [0.4, 0.5) is 11.4 Å². The van der Waals surface area contributed by atoms with Crippen molar-refractivity contribution >= 4 is 84.8 Å². The number of rotatable bonds is 10. The minimum Gasteiger partial charge on any atom is -0.480 e. The van der Waals surface area contributed by atoms with E-state index in [0.29, 0.717) is 67.7 Å². The van der Waals surface area contributed by atoms with Crippen molar-refractivity contribution in [3.63, 3.8) is 0 Å². The number of amides is 2. The molecule has 0 saturated carbocycles. The number of carbonyl (C=O) groups is 4. The van der Waals surface area contributed by atoms with Crippen LogP contribution in [-0.2, 0) is 29.1 Å². The van der Waals surface area contributed by atoms with Crippen LogP contribution in [0.1, 0.15) is 84.8 Å². The number of nitrogens with zero attached hydrogens (tertiary/aromatic N) is 5. The van der Waals surface area contributed by atoms with Crippen LogP contribution in [0.15, 0.2) is 42.5 Å². The van der Waals surface area contributed by atoms with Crippen LogP contribution >= 0.6 is 49.7 Å². The number of hydrogen-bond acceptors (Lipinski definition) is 10. The lowest BCUT2D eigenvalue weighted by Gasteiger charge is -2.32. The van der Waals surface area contributed by atoms with E-state index >= 15 is 0 Å². The van der Waals surface area contributed by atoms with Gasteiger partial charge >= 0.3 is 11.9 Å². The molecule has 3 aliphatic rings. The van der Waals surface area contributed by atoms with Gasteiger partial charge in [0.25, 0.3) is 11.8 Å². The zero-order valence-electron chi connectivity index (χ0n) is 30.3. The number of carboxylic acids is 2. The summed E-state index contributed by atoms with van der Waals surface area (Å²) in [6, 6.07) is 12.5. The van der Waals surface area contributed by atoms with Crippen LogP contribution in [0.2, 0.25) is 0 Å². The lowest BCUT2D eigenvalue weighted by atomic mass is 9.97. The number of likely N-dealkylation sites (tertiary alicyclic amines) is 2. The SMILES string of the molecule is Cc1nc(C(=O)Nc2cccc(-c3cccc4c3CCN4C(=O)c3nc(C)c(CN4CCCC[C@H]4C(=O)O)s3)c2)sc1CN1CCCC[C@H]1C(=O)O.S.S. The Hall–Kier alpha value is -3.80. The summed E-state index contributed by atoms with van der Waals surface area (Å²) in [4.78, 5) is 67.6. The van der Waals surface area contributed by atoms with E-state index in [1.54, 1.807) is 4.90 Å². The van der Waals surface area contributed by atoms with Gasteiger partial charge in [0, 0.05) is 40.8 Å². The van der Waals surface area contributed by atoms with E-state index < -0.39 is 24.0 Å². The number of piperidine rings is 2. The summed E-state index contributed by atoms with van der Waals surface area (Å²) in [6.07, 6.45) is 5.63. The average molecular weight is 811 g/mol. The number of aliphatic carboxylic acids is 2. The van der Waals surface area contributed by atoms with Gasteiger partial charge in [-0.15, -0.1) is 22.7 Å². The van der Waals surface area contributed by atoms with E-state index in [0.717, 1.165) is 69.2 Å². The number of carboxylic acid groups (broad SMARTS) is 2. The Bertz CT molecular complexity index is 2030. The van der Waals surface area contributed by atoms with Crippen molar-refractivity contribution < 1.29 is 29.4 Å². The van der Waals surface area contributed by atoms with Gasteiger partial charge in [0.05, 0.1) is 11.4 Å². The van der Waals surface area contributed by atoms with Crippen molar-refractivity contribution in [2.45, 2.75) is 84.0 Å². The highest BCUT2D eigenvalue weighted by Crippen LogP contribution is 2.38. The lowest BCUT2D eigenvalue weighted by Crippen LogP contribution is -2.43. The Balaban J connectivity index is 0.00000280. The lowest BCUT2D eigenvalue weighted by molar-refractivity contribution is -0.145. The van der Waals surface area contributed by atoms with Gasteiger partial charge in [-0.2, -0.15) is 27.0 Å². The van der Waals surface area contributed by atoms with Gasteiger partial charge in [0.2, 0.25) is 0 Å². The van der Waals surface area contributed by atoms with Gasteiger partial charge in [0.1, 0.15) is 12.1 Å². The predicted molar refractivity (Wildman–Crippen MR) is 221 cm³/mol. The van der Waals surface area contributed by atoms with Gasteiger partial charge < -0.3 is 20.4 Å². The summed E-state index contributed by atoms with van der Waals surface area (Å²) in [5, 5.41) is 23.1. The highest BCUT2D eigenvalue weighted by Gasteiger charge is 2.33. The highest BCUT2D eigenvalue weighted by molar-refractivity contribution is 7.59. The third-order valence-corrected chi connectivity index (χ3v) is 12.6. The molecule has 2 amide bonds. The van der Waals surface area contributed by atoms with E-state index in [2.05, 4.69) is 15.3 Å². The van der Waals surface area contributed by atoms with Gasteiger partial charge in [0.15, 0.2) is 10.0 Å². The van der Waals surface area contributed by atoms with E-state index in [4.69, 9.17) is 0 Å². The van der Waals surface area contributed by atoms with Gasteiger partial charge in [-0.25, -0.2) is 9.97 Å². The molecule has 54 heavy (non-hydrogen) atoms. The Labute approximate surface area is 336 Å². The number of hydrogen-bond donors (Lipinski definition) is 3. The van der Waals surface area contributed by atoms with Crippen LogP contribution in [0.3, 0.4) is 0 Å². The van der Waals surface area contributed by atoms with Crippen LogP contribution < -0.4 is 10.2 Å². The van der Waals surface area contributed by atoms with Gasteiger partial charge in [-0.05, 0) is 93.9 Å². The molecule has 2 aromatic carbocycles. The smallest absolute Gasteiger partial charge is 0.320 e. The first-order valence-electron chi connectivity index (χ1n) is 17.8. The van der Waals surface area contributed by atoms with Gasteiger partial charge in [-0.3, -0.25) is 29.0 Å². The average Bonchev–Trinajstić information content (AvgIpc) is 3.85. The fourth-order valence-electron chi connectivity index (χ4n) is 7.61. The highest BCUT2D eigenvalue weighted by atomic mass is 32.1. The molecule has 2 saturated heterocycles. The van der Waals surface area contributed by atoms with E-state index in [9.17, 15) is 29.4 Å². The topological polar surface area (TPSA) is 156 Å². The molecule has 3 aliphatic heterocycles. The molecule has 2 atom stereocenters. The van der Waals surface area contributed by atoms with E-state index in [1.807, 2.05) is 66.1 Å². The quantitative estimate of drug-likeness (QED) is 0.163. The number of benzene rings is 2. The second-order valence-electron chi connectivity index (χ2n) is 13.7. The molecule has 2 fully saturated rings. The molecule has 7 rings (SSSR count). The number of carbonyl (C=O) groups excluding carboxylic acids is 2. The Morgan fingerprint density at radius 3 is 1.96 bits per heavy atom. The maximum atomic E-state index is 13.9. The number of aromatic nitrogens is 2. The Morgan fingerprint density at radius 2 is 1.35 bits per heavy atom. The first kappa shape index (κ1) is 41.4. The summed E-state index contributed by atoms with van der Waals surface area (Å²) in [5.74, 6) is -2.10. The number of fused-ring (bicyclic) bond motifs is 1. The Kier molecular flexibility index (Phi) is 13.6. The summed E-state index contributed by atoms with van der Waals surface area (Å²) < 4.78 is 0. The number of anilines is 2. The van der Waals surface area contributed by atoms with Crippen LogP contribution in [0.5, 0.6) is 0 Å². The number of nitrogens with one attached hydrogen (secondary N) is 1. The minimum absolute atomic E-state index is 0. The second-order valence-corrected chi connectivity index (χ2v) is 15.9. The molecule has 0 radical (unpaired) electrons. The van der Waals surface area contributed by atoms with Crippen molar-refractivity contribution in [2.75, 3.05) is 29.9 Å². The Morgan fingerprint density at radius 1 is 0.778 bits per heavy atom. The zero-order valence-corrected chi connectivity index (χ0v) is 33.9. The standard InChI is InChI=1S/C38H42N6O6S2.2H2S/c1-22-31(20-42-16-5-3-12-29(42)37(47)48)51-34(39-22)33(45)41-25-10-7-9-24(19-25)26-11-8-14-28-27(26)15-18-44(28)36(46)35-40-23(2)32(52-35)21-43-17-6-4-13-30(43)38(49)50;;/h7-11,14,19,29-30H,3-6,12-13,15-18,20-21H2,1-2H3,(H,41,45)(H,47,48)(H,49,50);2*1H2/t29-,30-;;/m0../s1. The number of thiazole rings is 2. The zero-order chi connectivity index (χ0) is 36.5. The third kappa shape index (κ3) is 8.68. The molecule has 5 heterocycles. The molecule has 0 bridgehead atoms. The summed E-state index contributed by atoms with van der Waals surface area (Å²) in [7, 11) is 0. The molecular weight excluding hydrogens is 765 g/mol. The maximum absolute atomic E-state index is 13.9. The largest absolute Gasteiger partial charge is 0.480 e. The molecule has 0 unspecified atom stereocenters. The van der Waals surface area contributed by atoms with E-state index in [-0.39, 0.29) is 38.8 Å². The third-order valence-electron chi connectivity index (χ3n) is 10.4. The molecule has 2 aromatic heterocycles. The molecule has 3 N–H and O–H groups in total. The maximum Gasteiger partial charge on any atom is 0.320 e. The van der Waals surface area contributed by atoms with Crippen molar-refractivity contribution in [2.24, 2.45) is 0 Å². The molecule has 12 nitrogen and oxygen atoms in total. The van der Waals surface area contributed by atoms with Crippen molar-refractivity contribution in [1.82, 2.24) is 19.8 Å². The van der Waals surface area contributed by atoms with Crippen LogP contribution in [0, 0.1) is 13.8 Å². The monoisotopic (exact) mass is 810 g/mol. The molecule has 0 aliphatic carbocycles. The first-order chi connectivity index (χ1) is 25.1. The summed E-state index contributed by atoms with van der Waals surface area (Å²) in [6.45, 7) is 6.59. The fourth-order valence-corrected chi connectivity index (χ4v) is 9.63. The normalized spacial score (nSPS) is 18.7. The van der Waals surface area contributed by atoms with Crippen LogP contribution in [0.25, 0.3) is 11.1 Å². The minimum atomic E-state index is -0.812. The first-order valence-corrected chi connectivity index (χ1v) is 19.4. The van der Waals surface area contributed by atoms with Crippen LogP contribution in [-0.4, -0.2) is 85.5 Å². The molecular formula is C38H46N6O6S4. The molecule has 16 heteroatoms. The van der Waals surface area contributed by atoms with Crippen molar-refractivity contribution in [3.8, 4) is 11.1 Å². The van der Waals surface area contributed by atoms with E-state index in [1.165, 1.54) is 22.7 Å². The summed E-state index contributed by atoms with van der Waals surface area (Å²) in [5.41, 5.74) is 5.87. The van der Waals surface area contributed by atoms with Crippen molar-refractivity contribution in [1.29, 1.82) is 0 Å². The number of aryl methyl sites for hydroxylation is 2. The molecule has 4 aromatic rings. The van der Waals surface area contributed by atoms with Gasteiger partial charge in [-0.1, -0.05) is 37.1 Å². The predicted octanol–water partition coefficient (Wildman–Crippen LogP) is 6.44. The summed E-state index contributed by atoms with van der Waals surface area (Å²) >= 11 is 2.65. The second kappa shape index (κ2) is 17.8.